The number of aryl methyl sites for hydroxylation is 1. The van der Waals surface area contributed by atoms with Crippen LogP contribution < -0.4 is 4.90 Å². The Morgan fingerprint density at radius 1 is 1.33 bits per heavy atom. The smallest absolute Gasteiger partial charge is 0.253 e. The molecule has 2 amide bonds. The zero-order chi connectivity index (χ0) is 17.4. The molecule has 2 aromatic rings. The number of carbonyl (C=O) groups excluding carboxylic acids is 2. The van der Waals surface area contributed by atoms with E-state index in [-0.39, 0.29) is 11.8 Å². The van der Waals surface area contributed by atoms with Crippen LogP contribution in [0.3, 0.4) is 0 Å². The fraction of sp³-hybridized carbons (Fsp3) is 0.389. The average Bonchev–Trinajstić information content (AvgIpc) is 3.12. The first-order chi connectivity index (χ1) is 11.4. The van der Waals surface area contributed by atoms with Gasteiger partial charge in [0.2, 0.25) is 5.91 Å². The van der Waals surface area contributed by atoms with Gasteiger partial charge in [0.05, 0.1) is 6.20 Å². The number of hydrogen-bond acceptors (Lipinski definition) is 3. The third-order valence-electron chi connectivity index (χ3n) is 4.69. The first-order valence-corrected chi connectivity index (χ1v) is 8.02. The molecule has 0 spiro atoms. The highest BCUT2D eigenvalue weighted by Gasteiger charge is 2.24. The van der Waals surface area contributed by atoms with Crippen LogP contribution in [0.5, 0.6) is 0 Å². The molecule has 0 bridgehead atoms. The third-order valence-corrected chi connectivity index (χ3v) is 4.69. The fourth-order valence-corrected chi connectivity index (χ4v) is 3.11. The molecule has 0 fully saturated rings. The number of nitrogens with zero attached hydrogens (tertiary/aromatic N) is 4. The maximum absolute atomic E-state index is 12.7. The Morgan fingerprint density at radius 2 is 2.08 bits per heavy atom. The lowest BCUT2D eigenvalue weighted by Gasteiger charge is -2.18. The van der Waals surface area contributed by atoms with Gasteiger partial charge in [-0.25, -0.2) is 0 Å². The van der Waals surface area contributed by atoms with Crippen molar-refractivity contribution < 1.29 is 9.59 Å². The third kappa shape index (κ3) is 2.79. The average molecular weight is 326 g/mol. The molecule has 2 heterocycles. The summed E-state index contributed by atoms with van der Waals surface area (Å²) in [6, 6.07) is 5.59. The summed E-state index contributed by atoms with van der Waals surface area (Å²) >= 11 is 0. The van der Waals surface area contributed by atoms with Crippen molar-refractivity contribution in [1.82, 2.24) is 14.7 Å². The number of aromatic nitrogens is 2. The molecule has 6 nitrogen and oxygen atoms in total. The van der Waals surface area contributed by atoms with Gasteiger partial charge in [-0.1, -0.05) is 0 Å². The Balaban J connectivity index is 1.78. The monoisotopic (exact) mass is 326 g/mol. The van der Waals surface area contributed by atoms with Gasteiger partial charge in [-0.15, -0.1) is 0 Å². The van der Waals surface area contributed by atoms with Crippen LogP contribution >= 0.6 is 0 Å². The standard InChI is InChI=1S/C18H22N4O2/c1-12-16(10-19-21(12)4)11-20(3)18(24)15-5-6-17-14(9-15)7-8-22(17)13(2)23/h5-6,9-10H,7-8,11H2,1-4H3. The molecule has 1 aliphatic rings. The summed E-state index contributed by atoms with van der Waals surface area (Å²) in [7, 11) is 3.69. The van der Waals surface area contributed by atoms with E-state index in [9.17, 15) is 9.59 Å². The van der Waals surface area contributed by atoms with E-state index in [0.29, 0.717) is 18.7 Å². The number of rotatable bonds is 3. The Hall–Kier alpha value is -2.63. The summed E-state index contributed by atoms with van der Waals surface area (Å²) in [5.41, 5.74) is 4.73. The van der Waals surface area contributed by atoms with Gasteiger partial charge in [-0.05, 0) is 37.1 Å². The van der Waals surface area contributed by atoms with Crippen LogP contribution in [0, 0.1) is 6.92 Å². The molecule has 1 aromatic carbocycles. The minimum absolute atomic E-state index is 0.0256. The van der Waals surface area contributed by atoms with Crippen molar-refractivity contribution in [2.75, 3.05) is 18.5 Å². The zero-order valence-corrected chi connectivity index (χ0v) is 14.5. The number of benzene rings is 1. The normalized spacial score (nSPS) is 13.1. The molecular formula is C18H22N4O2. The van der Waals surface area contributed by atoms with E-state index in [4.69, 9.17) is 0 Å². The van der Waals surface area contributed by atoms with Crippen LogP contribution in [0.15, 0.2) is 24.4 Å². The van der Waals surface area contributed by atoms with Crippen molar-refractivity contribution in [3.05, 3.63) is 46.8 Å². The molecular weight excluding hydrogens is 304 g/mol. The minimum Gasteiger partial charge on any atom is -0.337 e. The highest BCUT2D eigenvalue weighted by atomic mass is 16.2. The largest absolute Gasteiger partial charge is 0.337 e. The molecule has 0 unspecified atom stereocenters. The summed E-state index contributed by atoms with van der Waals surface area (Å²) in [5, 5.41) is 4.21. The molecule has 126 valence electrons. The Bertz CT molecular complexity index is 809. The van der Waals surface area contributed by atoms with Gasteiger partial charge < -0.3 is 9.80 Å². The first kappa shape index (κ1) is 16.2. The van der Waals surface area contributed by atoms with Crippen molar-refractivity contribution in [2.45, 2.75) is 26.8 Å². The van der Waals surface area contributed by atoms with Crippen molar-refractivity contribution in [3.8, 4) is 0 Å². The molecule has 6 heteroatoms. The Labute approximate surface area is 141 Å². The van der Waals surface area contributed by atoms with Crippen LogP contribution in [0.25, 0.3) is 0 Å². The topological polar surface area (TPSA) is 58.4 Å². The second-order valence-corrected chi connectivity index (χ2v) is 6.30. The van der Waals surface area contributed by atoms with E-state index in [1.807, 2.05) is 26.1 Å². The van der Waals surface area contributed by atoms with Gasteiger partial charge >= 0.3 is 0 Å². The lowest BCUT2D eigenvalue weighted by atomic mass is 10.1. The molecule has 0 saturated heterocycles. The summed E-state index contributed by atoms with van der Waals surface area (Å²) in [6.45, 7) is 4.77. The number of carbonyl (C=O) groups is 2. The van der Waals surface area contributed by atoms with E-state index in [1.165, 1.54) is 0 Å². The lowest BCUT2D eigenvalue weighted by Crippen LogP contribution is -2.27. The van der Waals surface area contributed by atoms with E-state index >= 15 is 0 Å². The van der Waals surface area contributed by atoms with Gasteiger partial charge in [0.15, 0.2) is 0 Å². The van der Waals surface area contributed by atoms with Gasteiger partial charge in [0.1, 0.15) is 0 Å². The second-order valence-electron chi connectivity index (χ2n) is 6.30. The predicted molar refractivity (Wildman–Crippen MR) is 91.9 cm³/mol. The van der Waals surface area contributed by atoms with E-state index in [2.05, 4.69) is 5.10 Å². The summed E-state index contributed by atoms with van der Waals surface area (Å²) in [4.78, 5) is 27.8. The molecule has 0 saturated carbocycles. The molecule has 1 aliphatic heterocycles. The summed E-state index contributed by atoms with van der Waals surface area (Å²) in [5.74, 6) is 0.0133. The van der Waals surface area contributed by atoms with Crippen molar-refractivity contribution >= 4 is 17.5 Å². The van der Waals surface area contributed by atoms with Crippen LogP contribution in [-0.4, -0.2) is 40.1 Å². The van der Waals surface area contributed by atoms with Crippen molar-refractivity contribution in [3.63, 3.8) is 0 Å². The molecule has 0 radical (unpaired) electrons. The molecule has 0 atom stereocenters. The van der Waals surface area contributed by atoms with Crippen molar-refractivity contribution in [2.24, 2.45) is 7.05 Å². The predicted octanol–water partition coefficient (Wildman–Crippen LogP) is 1.91. The van der Waals surface area contributed by atoms with Gasteiger partial charge in [-0.2, -0.15) is 5.10 Å². The van der Waals surface area contributed by atoms with Crippen LogP contribution in [0.2, 0.25) is 0 Å². The summed E-state index contributed by atoms with van der Waals surface area (Å²) in [6.07, 6.45) is 2.59. The fourth-order valence-electron chi connectivity index (χ4n) is 3.11. The molecule has 1 aromatic heterocycles. The molecule has 24 heavy (non-hydrogen) atoms. The number of hydrogen-bond donors (Lipinski definition) is 0. The highest BCUT2D eigenvalue weighted by Crippen LogP contribution is 2.29. The van der Waals surface area contributed by atoms with Crippen LogP contribution in [0.1, 0.15) is 34.1 Å². The van der Waals surface area contributed by atoms with Crippen LogP contribution in [-0.2, 0) is 24.8 Å². The maximum atomic E-state index is 12.7. The quantitative estimate of drug-likeness (QED) is 0.866. The second kappa shape index (κ2) is 6.11. The van der Waals surface area contributed by atoms with Gasteiger partial charge in [0, 0.05) is 56.6 Å². The first-order valence-electron chi connectivity index (χ1n) is 8.02. The molecule has 3 rings (SSSR count). The molecule has 0 N–H and O–H groups in total. The van der Waals surface area contributed by atoms with Crippen molar-refractivity contribution in [1.29, 1.82) is 0 Å². The summed E-state index contributed by atoms with van der Waals surface area (Å²) < 4.78 is 1.80. The number of fused-ring (bicyclic) bond motifs is 1. The van der Waals surface area contributed by atoms with E-state index < -0.39 is 0 Å². The highest BCUT2D eigenvalue weighted by molar-refractivity contribution is 5.97. The SMILES string of the molecule is CC(=O)N1CCc2cc(C(=O)N(C)Cc3cnn(C)c3C)ccc21. The number of anilines is 1. The van der Waals surface area contributed by atoms with Gasteiger partial charge in [-0.3, -0.25) is 14.3 Å². The van der Waals surface area contributed by atoms with E-state index in [0.717, 1.165) is 28.9 Å². The van der Waals surface area contributed by atoms with Gasteiger partial charge in [0.25, 0.3) is 5.91 Å². The zero-order valence-electron chi connectivity index (χ0n) is 14.5. The Morgan fingerprint density at radius 3 is 2.71 bits per heavy atom. The minimum atomic E-state index is -0.0256. The lowest BCUT2D eigenvalue weighted by molar-refractivity contribution is -0.116. The van der Waals surface area contributed by atoms with E-state index in [1.54, 1.807) is 40.7 Å². The Kier molecular flexibility index (Phi) is 4.13. The van der Waals surface area contributed by atoms with Crippen LogP contribution in [0.4, 0.5) is 5.69 Å². The number of amides is 2. The maximum Gasteiger partial charge on any atom is 0.253 e. The molecule has 0 aliphatic carbocycles.